The zero-order chi connectivity index (χ0) is 25.4. The van der Waals surface area contributed by atoms with Crippen molar-refractivity contribution in [3.8, 4) is 17.4 Å². The summed E-state index contributed by atoms with van der Waals surface area (Å²) in [6.45, 7) is 8.84. The number of rotatable bonds is 12. The Morgan fingerprint density at radius 2 is 1.83 bits per heavy atom. The Balaban J connectivity index is 2.11. The first kappa shape index (κ1) is 25.8. The third-order valence-corrected chi connectivity index (χ3v) is 5.00. The van der Waals surface area contributed by atoms with Crippen LogP contribution in [0.15, 0.2) is 54.6 Å². The highest BCUT2D eigenvalue weighted by Crippen LogP contribution is 2.38. The maximum absolute atomic E-state index is 15.8. The second-order valence-electron chi connectivity index (χ2n) is 8.22. The van der Waals surface area contributed by atoms with Gasteiger partial charge in [-0.2, -0.15) is 0 Å². The fourth-order valence-electron chi connectivity index (χ4n) is 3.48. The average Bonchev–Trinajstić information content (AvgIpc) is 2.83. The molecule has 0 atom stereocenters. The standard InChI is InChI=1S/C27H33FN4O3/c1-5-14-34-25-9-7-8-20(31-25)17-32(21-12-10-19(11-13-21)27(29)30)23-15-22(33-6-2)16-24(26(23)28)35-18(3)4/h7-13,15-16,18H,5-6,14,17H2,1-4H3,(H3,29,30). The van der Waals surface area contributed by atoms with Gasteiger partial charge in [-0.05, 0) is 57.5 Å². The van der Waals surface area contributed by atoms with Crippen molar-refractivity contribution in [1.29, 1.82) is 5.41 Å². The van der Waals surface area contributed by atoms with Gasteiger partial charge in [-0.1, -0.05) is 13.0 Å². The van der Waals surface area contributed by atoms with Gasteiger partial charge < -0.3 is 24.8 Å². The zero-order valence-corrected chi connectivity index (χ0v) is 20.7. The van der Waals surface area contributed by atoms with Crippen LogP contribution in [0.25, 0.3) is 0 Å². The van der Waals surface area contributed by atoms with Crippen LogP contribution in [0.5, 0.6) is 17.4 Å². The first-order valence-electron chi connectivity index (χ1n) is 11.8. The molecule has 0 saturated heterocycles. The van der Waals surface area contributed by atoms with Crippen LogP contribution in [-0.2, 0) is 6.54 Å². The Morgan fingerprint density at radius 1 is 1.09 bits per heavy atom. The number of amidine groups is 1. The van der Waals surface area contributed by atoms with Gasteiger partial charge >= 0.3 is 0 Å². The van der Waals surface area contributed by atoms with Crippen LogP contribution < -0.4 is 24.8 Å². The van der Waals surface area contributed by atoms with Crippen molar-refractivity contribution in [3.05, 3.63) is 71.7 Å². The molecule has 1 aromatic heterocycles. The molecule has 0 unspecified atom stereocenters. The Morgan fingerprint density at radius 3 is 2.46 bits per heavy atom. The highest BCUT2D eigenvalue weighted by Gasteiger charge is 2.22. The number of halogens is 1. The molecule has 35 heavy (non-hydrogen) atoms. The highest BCUT2D eigenvalue weighted by molar-refractivity contribution is 5.95. The summed E-state index contributed by atoms with van der Waals surface area (Å²) < 4.78 is 33.0. The largest absolute Gasteiger partial charge is 0.494 e. The summed E-state index contributed by atoms with van der Waals surface area (Å²) in [4.78, 5) is 6.40. The van der Waals surface area contributed by atoms with E-state index in [9.17, 15) is 0 Å². The number of anilines is 2. The fraction of sp³-hybridized carbons (Fsp3) is 0.333. The predicted molar refractivity (Wildman–Crippen MR) is 137 cm³/mol. The second-order valence-corrected chi connectivity index (χ2v) is 8.22. The summed E-state index contributed by atoms with van der Waals surface area (Å²) in [5.74, 6) is 0.583. The molecule has 8 heteroatoms. The predicted octanol–water partition coefficient (Wildman–Crippen LogP) is 5.82. The molecular formula is C27H33FN4O3. The summed E-state index contributed by atoms with van der Waals surface area (Å²) in [5.41, 5.74) is 7.88. The van der Waals surface area contributed by atoms with Crippen LogP contribution in [0, 0.1) is 11.2 Å². The SMILES string of the molecule is CCCOc1cccc(CN(c2ccc(C(=N)N)cc2)c2cc(OCC)cc(OC(C)C)c2F)n1. The van der Waals surface area contributed by atoms with Crippen LogP contribution in [0.4, 0.5) is 15.8 Å². The van der Waals surface area contributed by atoms with Crippen LogP contribution >= 0.6 is 0 Å². The number of aromatic nitrogens is 1. The lowest BCUT2D eigenvalue weighted by Crippen LogP contribution is -2.20. The van der Waals surface area contributed by atoms with E-state index in [2.05, 4.69) is 4.98 Å². The molecule has 2 aromatic carbocycles. The number of hydrogen-bond donors (Lipinski definition) is 2. The van der Waals surface area contributed by atoms with E-state index in [1.807, 2.05) is 39.8 Å². The number of nitrogens with two attached hydrogens (primary N) is 1. The second kappa shape index (κ2) is 12.1. The Kier molecular flexibility index (Phi) is 8.89. The summed E-state index contributed by atoms with van der Waals surface area (Å²) in [5, 5.41) is 7.68. The van der Waals surface area contributed by atoms with Crippen LogP contribution in [0.3, 0.4) is 0 Å². The van der Waals surface area contributed by atoms with Crippen molar-refractivity contribution in [2.45, 2.75) is 46.8 Å². The fourth-order valence-corrected chi connectivity index (χ4v) is 3.48. The molecule has 7 nitrogen and oxygen atoms in total. The van der Waals surface area contributed by atoms with Crippen LogP contribution in [0.1, 0.15) is 45.4 Å². The normalized spacial score (nSPS) is 10.8. The van der Waals surface area contributed by atoms with E-state index in [4.69, 9.17) is 25.4 Å². The van der Waals surface area contributed by atoms with Crippen LogP contribution in [-0.4, -0.2) is 30.1 Å². The van der Waals surface area contributed by atoms with Gasteiger partial charge in [-0.25, -0.2) is 9.37 Å². The molecule has 3 N–H and O–H groups in total. The summed E-state index contributed by atoms with van der Waals surface area (Å²) in [6.07, 6.45) is 0.654. The van der Waals surface area contributed by atoms with E-state index >= 15 is 4.39 Å². The molecule has 0 bridgehead atoms. The number of ether oxygens (including phenoxy) is 3. The molecule has 1 heterocycles. The molecule has 0 fully saturated rings. The molecule has 0 saturated carbocycles. The molecule has 0 aliphatic carbocycles. The molecule has 3 aromatic rings. The lowest BCUT2D eigenvalue weighted by atomic mass is 10.1. The molecule has 0 radical (unpaired) electrons. The Bertz CT molecular complexity index is 1140. The van der Waals surface area contributed by atoms with E-state index in [1.165, 1.54) is 0 Å². The number of nitrogen functional groups attached to an aromatic ring is 1. The van der Waals surface area contributed by atoms with Crippen molar-refractivity contribution in [2.75, 3.05) is 18.1 Å². The van der Waals surface area contributed by atoms with Gasteiger partial charge in [0.2, 0.25) is 5.88 Å². The van der Waals surface area contributed by atoms with E-state index in [-0.39, 0.29) is 29.9 Å². The van der Waals surface area contributed by atoms with Gasteiger partial charge in [0.1, 0.15) is 11.6 Å². The maximum atomic E-state index is 15.8. The minimum Gasteiger partial charge on any atom is -0.494 e. The van der Waals surface area contributed by atoms with Crippen molar-refractivity contribution in [1.82, 2.24) is 4.98 Å². The first-order chi connectivity index (χ1) is 16.8. The highest BCUT2D eigenvalue weighted by atomic mass is 19.1. The third kappa shape index (κ3) is 6.85. The van der Waals surface area contributed by atoms with Crippen molar-refractivity contribution in [3.63, 3.8) is 0 Å². The number of hydrogen-bond acceptors (Lipinski definition) is 6. The van der Waals surface area contributed by atoms with E-state index in [0.717, 1.165) is 6.42 Å². The molecule has 0 amide bonds. The zero-order valence-electron chi connectivity index (χ0n) is 20.7. The number of benzene rings is 2. The molecular weight excluding hydrogens is 447 g/mol. The molecule has 0 spiro atoms. The molecule has 0 aliphatic heterocycles. The van der Waals surface area contributed by atoms with Crippen molar-refractivity contribution < 1.29 is 18.6 Å². The first-order valence-corrected chi connectivity index (χ1v) is 11.8. The number of pyridine rings is 1. The van der Waals surface area contributed by atoms with Crippen molar-refractivity contribution in [2.24, 2.45) is 5.73 Å². The molecule has 3 rings (SSSR count). The summed E-state index contributed by atoms with van der Waals surface area (Å²) in [7, 11) is 0. The third-order valence-electron chi connectivity index (χ3n) is 5.00. The quantitative estimate of drug-likeness (QED) is 0.251. The minimum atomic E-state index is -0.504. The topological polar surface area (TPSA) is 93.7 Å². The van der Waals surface area contributed by atoms with Gasteiger partial charge in [-0.15, -0.1) is 0 Å². The van der Waals surface area contributed by atoms with E-state index in [0.29, 0.717) is 41.8 Å². The lowest BCUT2D eigenvalue weighted by molar-refractivity contribution is 0.229. The summed E-state index contributed by atoms with van der Waals surface area (Å²) >= 11 is 0. The maximum Gasteiger partial charge on any atom is 0.213 e. The average molecular weight is 481 g/mol. The monoisotopic (exact) mass is 480 g/mol. The smallest absolute Gasteiger partial charge is 0.213 e. The van der Waals surface area contributed by atoms with Gasteiger partial charge in [-0.3, -0.25) is 5.41 Å². The van der Waals surface area contributed by atoms with E-state index in [1.54, 1.807) is 47.4 Å². The minimum absolute atomic E-state index is 0.0392. The van der Waals surface area contributed by atoms with Crippen molar-refractivity contribution >= 4 is 17.2 Å². The van der Waals surface area contributed by atoms with Gasteiger partial charge in [0.15, 0.2) is 11.6 Å². The molecule has 186 valence electrons. The summed E-state index contributed by atoms with van der Waals surface area (Å²) in [6, 6.07) is 15.8. The lowest BCUT2D eigenvalue weighted by Gasteiger charge is -2.27. The van der Waals surface area contributed by atoms with Gasteiger partial charge in [0, 0.05) is 29.4 Å². The Hall–Kier alpha value is -3.81. The molecule has 0 aliphatic rings. The Labute approximate surface area is 206 Å². The number of nitrogens with zero attached hydrogens (tertiary/aromatic N) is 2. The van der Waals surface area contributed by atoms with Gasteiger partial charge in [0.25, 0.3) is 0 Å². The van der Waals surface area contributed by atoms with E-state index < -0.39 is 5.82 Å². The van der Waals surface area contributed by atoms with Crippen LogP contribution in [0.2, 0.25) is 0 Å². The van der Waals surface area contributed by atoms with Gasteiger partial charge in [0.05, 0.1) is 37.2 Å². The number of nitrogens with one attached hydrogen (secondary N) is 1.